The molecule has 3 atom stereocenters. The zero-order valence-corrected chi connectivity index (χ0v) is 12.8. The molecule has 3 unspecified atom stereocenters. The Balaban J connectivity index is 1.72. The number of benzene rings is 1. The Morgan fingerprint density at radius 3 is 3.05 bits per heavy atom. The van der Waals surface area contributed by atoms with Crippen molar-refractivity contribution in [1.29, 1.82) is 0 Å². The summed E-state index contributed by atoms with van der Waals surface area (Å²) in [5.41, 5.74) is 3.04. The Morgan fingerprint density at radius 1 is 1.27 bits per heavy atom. The van der Waals surface area contributed by atoms with E-state index in [-0.39, 0.29) is 5.41 Å². The van der Waals surface area contributed by atoms with E-state index in [1.165, 1.54) is 43.2 Å². The van der Waals surface area contributed by atoms with Crippen LogP contribution in [0, 0.1) is 5.92 Å². The number of ether oxygens (including phenoxy) is 1. The summed E-state index contributed by atoms with van der Waals surface area (Å²) in [5, 5.41) is 3.71. The first kappa shape index (κ1) is 14.4. The molecule has 1 saturated carbocycles. The molecule has 2 bridgehead atoms. The second-order valence-electron chi connectivity index (χ2n) is 7.04. The molecule has 1 saturated heterocycles. The Labute approximate surface area is 130 Å². The lowest BCUT2D eigenvalue weighted by Crippen LogP contribution is -2.59. The van der Waals surface area contributed by atoms with Crippen LogP contribution in [0.1, 0.15) is 43.2 Å². The van der Waals surface area contributed by atoms with Crippen LogP contribution in [-0.2, 0) is 11.8 Å². The van der Waals surface area contributed by atoms with Crippen molar-refractivity contribution < 1.29 is 13.5 Å². The molecular weight excluding hydrogens is 284 g/mol. The number of nitrogens with one attached hydrogen (secondary N) is 1. The van der Waals surface area contributed by atoms with Crippen molar-refractivity contribution in [1.82, 2.24) is 5.32 Å². The molecule has 2 nitrogen and oxygen atoms in total. The van der Waals surface area contributed by atoms with Crippen molar-refractivity contribution in [2.45, 2.75) is 56.4 Å². The van der Waals surface area contributed by atoms with Gasteiger partial charge in [0.1, 0.15) is 12.4 Å². The van der Waals surface area contributed by atoms with Crippen molar-refractivity contribution in [2.24, 2.45) is 5.92 Å². The molecule has 4 heteroatoms. The van der Waals surface area contributed by atoms with Crippen LogP contribution in [0.5, 0.6) is 5.75 Å². The molecule has 120 valence electrons. The number of alkyl halides is 2. The molecule has 1 aliphatic heterocycles. The minimum Gasteiger partial charge on any atom is -0.488 e. The quantitative estimate of drug-likeness (QED) is 0.920. The highest BCUT2D eigenvalue weighted by molar-refractivity contribution is 5.45. The number of rotatable bonds is 3. The van der Waals surface area contributed by atoms with Crippen LogP contribution in [0.2, 0.25) is 0 Å². The third-order valence-corrected chi connectivity index (χ3v) is 5.99. The van der Waals surface area contributed by atoms with E-state index in [2.05, 4.69) is 17.4 Å². The highest BCUT2D eigenvalue weighted by atomic mass is 19.3. The first-order chi connectivity index (χ1) is 10.7. The lowest BCUT2D eigenvalue weighted by atomic mass is 9.53. The van der Waals surface area contributed by atoms with Crippen molar-refractivity contribution in [3.8, 4) is 5.75 Å². The predicted octanol–water partition coefficient (Wildman–Crippen LogP) is 3.68. The fourth-order valence-corrected chi connectivity index (χ4v) is 5.15. The maximum Gasteiger partial charge on any atom is 0.272 e. The summed E-state index contributed by atoms with van der Waals surface area (Å²) >= 11 is 0. The van der Waals surface area contributed by atoms with Crippen molar-refractivity contribution in [2.75, 3.05) is 13.2 Å². The summed E-state index contributed by atoms with van der Waals surface area (Å²) in [6.07, 6.45) is 4.95. The van der Waals surface area contributed by atoms with Gasteiger partial charge in [-0.1, -0.05) is 18.9 Å². The average molecular weight is 307 g/mol. The van der Waals surface area contributed by atoms with Gasteiger partial charge in [-0.15, -0.1) is 0 Å². The Hall–Kier alpha value is -1.16. The van der Waals surface area contributed by atoms with Gasteiger partial charge in [-0.3, -0.25) is 0 Å². The predicted molar refractivity (Wildman–Crippen MR) is 81.7 cm³/mol. The van der Waals surface area contributed by atoms with E-state index in [0.29, 0.717) is 17.7 Å². The van der Waals surface area contributed by atoms with Crippen LogP contribution in [0.3, 0.4) is 0 Å². The highest BCUT2D eigenvalue weighted by Crippen LogP contribution is 2.54. The molecule has 3 aliphatic rings. The van der Waals surface area contributed by atoms with Crippen LogP contribution in [0.4, 0.5) is 8.78 Å². The SMILES string of the molecule is FC(F)COc1ccc2c(c1)C13CCCCC1C(C2)NCC3. The summed E-state index contributed by atoms with van der Waals surface area (Å²) in [6.45, 7) is 0.558. The van der Waals surface area contributed by atoms with E-state index in [9.17, 15) is 8.78 Å². The second kappa shape index (κ2) is 5.48. The molecule has 1 aromatic carbocycles. The summed E-state index contributed by atoms with van der Waals surface area (Å²) in [5.74, 6) is 1.31. The molecule has 4 rings (SSSR count). The topological polar surface area (TPSA) is 21.3 Å². The normalized spacial score (nSPS) is 33.2. The van der Waals surface area contributed by atoms with E-state index in [0.717, 1.165) is 13.0 Å². The van der Waals surface area contributed by atoms with Crippen molar-refractivity contribution >= 4 is 0 Å². The summed E-state index contributed by atoms with van der Waals surface area (Å²) in [7, 11) is 0. The summed E-state index contributed by atoms with van der Waals surface area (Å²) in [6, 6.07) is 6.62. The maximum atomic E-state index is 12.4. The standard InChI is InChI=1S/C18H23F2NO/c19-17(20)11-22-13-5-4-12-9-16-14-3-1-2-6-18(14,7-8-21-16)15(12)10-13/h4-5,10,14,16-17,21H,1-3,6-9,11H2. The fourth-order valence-electron chi connectivity index (χ4n) is 5.15. The van der Waals surface area contributed by atoms with E-state index >= 15 is 0 Å². The molecule has 0 amide bonds. The molecule has 1 N–H and O–H groups in total. The van der Waals surface area contributed by atoms with E-state index in [1.54, 1.807) is 0 Å². The molecular formula is C18H23F2NO. The van der Waals surface area contributed by atoms with Gasteiger partial charge in [-0.2, -0.15) is 0 Å². The van der Waals surface area contributed by atoms with Gasteiger partial charge in [-0.25, -0.2) is 8.78 Å². The lowest BCUT2D eigenvalue weighted by molar-refractivity contribution is 0.0757. The molecule has 2 fully saturated rings. The van der Waals surface area contributed by atoms with Crippen LogP contribution in [-0.4, -0.2) is 25.6 Å². The van der Waals surface area contributed by atoms with Gasteiger partial charge in [0, 0.05) is 11.5 Å². The molecule has 0 aromatic heterocycles. The molecule has 22 heavy (non-hydrogen) atoms. The van der Waals surface area contributed by atoms with Gasteiger partial charge in [0.25, 0.3) is 6.43 Å². The number of halogens is 2. The minimum atomic E-state index is -2.42. The Morgan fingerprint density at radius 2 is 2.18 bits per heavy atom. The third-order valence-electron chi connectivity index (χ3n) is 5.99. The number of hydrogen-bond donors (Lipinski definition) is 1. The zero-order chi connectivity index (χ0) is 15.2. The van der Waals surface area contributed by atoms with Gasteiger partial charge in [0.05, 0.1) is 0 Å². The first-order valence-electron chi connectivity index (χ1n) is 8.47. The van der Waals surface area contributed by atoms with E-state index in [4.69, 9.17) is 4.74 Å². The van der Waals surface area contributed by atoms with Crippen molar-refractivity contribution in [3.05, 3.63) is 29.3 Å². The third kappa shape index (κ3) is 2.23. The Kier molecular flexibility index (Phi) is 3.60. The molecule has 0 radical (unpaired) electrons. The molecule has 1 aromatic rings. The largest absolute Gasteiger partial charge is 0.488 e. The van der Waals surface area contributed by atoms with Gasteiger partial charge < -0.3 is 10.1 Å². The molecule has 2 aliphatic carbocycles. The molecule has 1 heterocycles. The first-order valence-corrected chi connectivity index (χ1v) is 8.47. The smallest absolute Gasteiger partial charge is 0.272 e. The maximum absolute atomic E-state index is 12.4. The number of piperidine rings is 1. The average Bonchev–Trinajstić information content (AvgIpc) is 2.53. The van der Waals surface area contributed by atoms with Crippen molar-refractivity contribution in [3.63, 3.8) is 0 Å². The van der Waals surface area contributed by atoms with E-state index in [1.807, 2.05) is 6.07 Å². The monoisotopic (exact) mass is 307 g/mol. The van der Waals surface area contributed by atoms with E-state index < -0.39 is 13.0 Å². The van der Waals surface area contributed by atoms with Crippen LogP contribution in [0.15, 0.2) is 18.2 Å². The van der Waals surface area contributed by atoms with Gasteiger partial charge in [-0.05, 0) is 61.4 Å². The number of hydrogen-bond acceptors (Lipinski definition) is 2. The number of fused-ring (bicyclic) bond motifs is 1. The van der Waals surface area contributed by atoms with Crippen LogP contribution < -0.4 is 10.1 Å². The van der Waals surface area contributed by atoms with Crippen LogP contribution >= 0.6 is 0 Å². The van der Waals surface area contributed by atoms with Gasteiger partial charge in [0.2, 0.25) is 0 Å². The van der Waals surface area contributed by atoms with Gasteiger partial charge in [0.15, 0.2) is 0 Å². The minimum absolute atomic E-state index is 0.256. The summed E-state index contributed by atoms with van der Waals surface area (Å²) < 4.78 is 30.1. The molecule has 0 spiro atoms. The highest BCUT2D eigenvalue weighted by Gasteiger charge is 2.51. The van der Waals surface area contributed by atoms with Crippen LogP contribution in [0.25, 0.3) is 0 Å². The van der Waals surface area contributed by atoms with Gasteiger partial charge >= 0.3 is 0 Å². The summed E-state index contributed by atoms with van der Waals surface area (Å²) in [4.78, 5) is 0. The second-order valence-corrected chi connectivity index (χ2v) is 7.04. The lowest BCUT2D eigenvalue weighted by Gasteiger charge is -2.56. The fraction of sp³-hybridized carbons (Fsp3) is 0.667. The zero-order valence-electron chi connectivity index (χ0n) is 12.8. The Bertz CT molecular complexity index is 558.